The molecule has 3 rings (SSSR count). The minimum absolute atomic E-state index is 0.0276. The molecule has 2 aromatic rings. The molecule has 0 saturated carbocycles. The minimum Gasteiger partial charge on any atom is -0.339 e. The fraction of sp³-hybridized carbons (Fsp3) is 0.316. The van der Waals surface area contributed by atoms with Crippen molar-refractivity contribution >= 4 is 23.4 Å². The molecule has 1 saturated heterocycles. The number of amides is 3. The van der Waals surface area contributed by atoms with Crippen molar-refractivity contribution in [3.8, 4) is 0 Å². The molecule has 1 aliphatic rings. The van der Waals surface area contributed by atoms with E-state index < -0.39 is 17.5 Å². The highest BCUT2D eigenvalue weighted by atomic mass is 19.1. The minimum atomic E-state index is -0.875. The van der Waals surface area contributed by atoms with Gasteiger partial charge in [0.05, 0.1) is 5.69 Å². The molecule has 0 aliphatic carbocycles. The number of hydrogen-bond acceptors (Lipinski definition) is 3. The van der Waals surface area contributed by atoms with E-state index in [0.717, 1.165) is 12.1 Å². The summed E-state index contributed by atoms with van der Waals surface area (Å²) in [5.41, 5.74) is 0.192. The number of halogens is 2. The molecule has 2 heterocycles. The highest BCUT2D eigenvalue weighted by molar-refractivity contribution is 5.95. The number of aromatic nitrogens is 1. The lowest BCUT2D eigenvalue weighted by atomic mass is 10.2. The van der Waals surface area contributed by atoms with Gasteiger partial charge in [-0.05, 0) is 24.3 Å². The van der Waals surface area contributed by atoms with E-state index in [1.165, 1.54) is 11.5 Å². The lowest BCUT2D eigenvalue weighted by molar-refractivity contribution is -0.130. The van der Waals surface area contributed by atoms with Crippen molar-refractivity contribution in [3.63, 3.8) is 0 Å². The van der Waals surface area contributed by atoms with E-state index in [2.05, 4.69) is 5.32 Å². The first-order chi connectivity index (χ1) is 13.3. The second-order valence-electron chi connectivity index (χ2n) is 6.49. The molecule has 0 unspecified atom stereocenters. The Morgan fingerprint density at radius 2 is 1.71 bits per heavy atom. The number of benzene rings is 1. The van der Waals surface area contributed by atoms with Crippen LogP contribution in [0, 0.1) is 11.6 Å². The van der Waals surface area contributed by atoms with Gasteiger partial charge in [0.25, 0.3) is 5.91 Å². The van der Waals surface area contributed by atoms with Crippen LogP contribution in [-0.4, -0.2) is 58.3 Å². The molecule has 1 aliphatic heterocycles. The standard InChI is InChI=1S/C19H20F2N4O3/c1-13(26)23-7-9-24(10-8-23)19(28)17-3-2-6-25(17)12-18(27)22-16-5-4-14(20)11-15(16)21/h2-6,11H,7-10,12H2,1H3,(H,22,27). The van der Waals surface area contributed by atoms with Crippen LogP contribution in [-0.2, 0) is 16.1 Å². The maximum Gasteiger partial charge on any atom is 0.270 e. The van der Waals surface area contributed by atoms with Crippen molar-refractivity contribution in [2.75, 3.05) is 31.5 Å². The lowest BCUT2D eigenvalue weighted by Gasteiger charge is -2.34. The van der Waals surface area contributed by atoms with E-state index in [1.807, 2.05) is 0 Å². The number of anilines is 1. The Labute approximate surface area is 160 Å². The smallest absolute Gasteiger partial charge is 0.270 e. The fourth-order valence-electron chi connectivity index (χ4n) is 3.07. The first-order valence-corrected chi connectivity index (χ1v) is 8.80. The number of hydrogen-bond donors (Lipinski definition) is 1. The third kappa shape index (κ3) is 4.36. The van der Waals surface area contributed by atoms with Crippen LogP contribution in [0.4, 0.5) is 14.5 Å². The number of piperazine rings is 1. The molecule has 1 N–H and O–H groups in total. The molecule has 1 aromatic carbocycles. The summed E-state index contributed by atoms with van der Waals surface area (Å²) in [4.78, 5) is 39.7. The Bertz CT molecular complexity index is 904. The first kappa shape index (κ1) is 19.5. The van der Waals surface area contributed by atoms with Gasteiger partial charge < -0.3 is 19.7 Å². The van der Waals surface area contributed by atoms with E-state index in [4.69, 9.17) is 0 Å². The molecular weight excluding hydrogens is 370 g/mol. The Kier molecular flexibility index (Phi) is 5.72. The molecule has 9 heteroatoms. The van der Waals surface area contributed by atoms with Gasteiger partial charge >= 0.3 is 0 Å². The summed E-state index contributed by atoms with van der Waals surface area (Å²) in [5.74, 6) is -2.43. The fourth-order valence-corrected chi connectivity index (χ4v) is 3.07. The third-order valence-electron chi connectivity index (χ3n) is 4.58. The highest BCUT2D eigenvalue weighted by Crippen LogP contribution is 2.16. The zero-order valence-corrected chi connectivity index (χ0v) is 15.3. The molecule has 3 amide bonds. The van der Waals surface area contributed by atoms with Crippen LogP contribution in [0.5, 0.6) is 0 Å². The Hall–Kier alpha value is -3.23. The van der Waals surface area contributed by atoms with Crippen molar-refractivity contribution in [2.24, 2.45) is 0 Å². The van der Waals surface area contributed by atoms with Crippen LogP contribution >= 0.6 is 0 Å². The predicted octanol–water partition coefficient (Wildman–Crippen LogP) is 1.71. The lowest BCUT2D eigenvalue weighted by Crippen LogP contribution is -2.50. The monoisotopic (exact) mass is 390 g/mol. The van der Waals surface area contributed by atoms with Gasteiger partial charge in [0, 0.05) is 45.4 Å². The van der Waals surface area contributed by atoms with Crippen LogP contribution in [0.3, 0.4) is 0 Å². The topological polar surface area (TPSA) is 74.7 Å². The molecule has 0 radical (unpaired) electrons. The summed E-state index contributed by atoms with van der Waals surface area (Å²) >= 11 is 0. The van der Waals surface area contributed by atoms with Crippen molar-refractivity contribution < 1.29 is 23.2 Å². The van der Waals surface area contributed by atoms with Crippen molar-refractivity contribution in [1.29, 1.82) is 0 Å². The second kappa shape index (κ2) is 8.20. The number of rotatable bonds is 4. The second-order valence-corrected chi connectivity index (χ2v) is 6.49. The van der Waals surface area contributed by atoms with Gasteiger partial charge in [-0.2, -0.15) is 0 Å². The zero-order valence-electron chi connectivity index (χ0n) is 15.3. The van der Waals surface area contributed by atoms with Crippen molar-refractivity contribution in [2.45, 2.75) is 13.5 Å². The molecule has 1 aromatic heterocycles. The Morgan fingerprint density at radius 3 is 2.36 bits per heavy atom. The predicted molar refractivity (Wildman–Crippen MR) is 97.6 cm³/mol. The summed E-state index contributed by atoms with van der Waals surface area (Å²) in [7, 11) is 0. The Morgan fingerprint density at radius 1 is 1.04 bits per heavy atom. The molecule has 0 spiro atoms. The van der Waals surface area contributed by atoms with Crippen LogP contribution in [0.1, 0.15) is 17.4 Å². The van der Waals surface area contributed by atoms with E-state index in [9.17, 15) is 23.2 Å². The van der Waals surface area contributed by atoms with E-state index in [1.54, 1.807) is 28.1 Å². The van der Waals surface area contributed by atoms with Crippen LogP contribution in [0.15, 0.2) is 36.5 Å². The molecule has 0 atom stereocenters. The normalized spacial score (nSPS) is 14.1. The maximum atomic E-state index is 13.7. The molecular formula is C19H20F2N4O3. The van der Waals surface area contributed by atoms with Crippen LogP contribution in [0.25, 0.3) is 0 Å². The number of nitrogens with one attached hydrogen (secondary N) is 1. The van der Waals surface area contributed by atoms with Gasteiger partial charge in [-0.1, -0.05) is 0 Å². The quantitative estimate of drug-likeness (QED) is 0.864. The van der Waals surface area contributed by atoms with Gasteiger partial charge in [-0.15, -0.1) is 0 Å². The van der Waals surface area contributed by atoms with E-state index in [0.29, 0.717) is 37.9 Å². The van der Waals surface area contributed by atoms with Gasteiger partial charge in [0.15, 0.2) is 0 Å². The van der Waals surface area contributed by atoms with Crippen molar-refractivity contribution in [1.82, 2.24) is 14.4 Å². The molecule has 0 bridgehead atoms. The molecule has 7 nitrogen and oxygen atoms in total. The number of nitrogens with zero attached hydrogens (tertiary/aromatic N) is 3. The van der Waals surface area contributed by atoms with Crippen LogP contribution < -0.4 is 5.32 Å². The molecule has 1 fully saturated rings. The third-order valence-corrected chi connectivity index (χ3v) is 4.58. The summed E-state index contributed by atoms with van der Waals surface area (Å²) < 4.78 is 28.1. The zero-order chi connectivity index (χ0) is 20.3. The highest BCUT2D eigenvalue weighted by Gasteiger charge is 2.25. The summed E-state index contributed by atoms with van der Waals surface area (Å²) in [5, 5.41) is 2.37. The SMILES string of the molecule is CC(=O)N1CCN(C(=O)c2cccn2CC(=O)Nc2ccc(F)cc2F)CC1. The first-order valence-electron chi connectivity index (χ1n) is 8.80. The van der Waals surface area contributed by atoms with Gasteiger partial charge in [-0.3, -0.25) is 14.4 Å². The van der Waals surface area contributed by atoms with E-state index in [-0.39, 0.29) is 24.0 Å². The summed E-state index contributed by atoms with van der Waals surface area (Å²) in [6.45, 7) is 3.05. The molecule has 28 heavy (non-hydrogen) atoms. The number of carbonyl (C=O) groups is 3. The number of carbonyl (C=O) groups excluding carboxylic acids is 3. The summed E-state index contributed by atoms with van der Waals surface area (Å²) in [6, 6.07) is 6.11. The van der Waals surface area contributed by atoms with Crippen LogP contribution in [0.2, 0.25) is 0 Å². The van der Waals surface area contributed by atoms with E-state index >= 15 is 0 Å². The molecule has 148 valence electrons. The average Bonchev–Trinajstić information content (AvgIpc) is 3.11. The maximum absolute atomic E-state index is 13.7. The van der Waals surface area contributed by atoms with Gasteiger partial charge in [0.1, 0.15) is 23.9 Å². The van der Waals surface area contributed by atoms with Gasteiger partial charge in [0.2, 0.25) is 11.8 Å². The van der Waals surface area contributed by atoms with Crippen molar-refractivity contribution in [3.05, 3.63) is 53.9 Å². The summed E-state index contributed by atoms with van der Waals surface area (Å²) in [6.07, 6.45) is 1.58. The largest absolute Gasteiger partial charge is 0.339 e. The van der Waals surface area contributed by atoms with Gasteiger partial charge in [-0.25, -0.2) is 8.78 Å². The Balaban J connectivity index is 1.64. The average molecular weight is 390 g/mol.